The van der Waals surface area contributed by atoms with E-state index in [-0.39, 0.29) is 30.8 Å². The zero-order chi connectivity index (χ0) is 24.3. The van der Waals surface area contributed by atoms with Crippen LogP contribution in [-0.2, 0) is 28.7 Å². The van der Waals surface area contributed by atoms with Gasteiger partial charge in [-0.05, 0) is 32.1 Å². The van der Waals surface area contributed by atoms with E-state index in [1.165, 1.54) is 44.9 Å². The molecule has 1 aliphatic rings. The lowest BCUT2D eigenvalue weighted by Gasteiger charge is -2.05. The Labute approximate surface area is 197 Å². The minimum Gasteiger partial charge on any atom is -0.481 e. The van der Waals surface area contributed by atoms with Crippen LogP contribution in [0.4, 0.5) is 0 Å². The Bertz CT molecular complexity index is 691. The number of Topliss-reactive ketones (excluding diaryl/α,β-unsaturated/α-hetero) is 1. The fourth-order valence-electron chi connectivity index (χ4n) is 3.61. The second-order valence-electron chi connectivity index (χ2n) is 8.50. The number of ether oxygens (including phenoxy) is 2. The topological polar surface area (TPSA) is 107 Å². The van der Waals surface area contributed by atoms with Crippen molar-refractivity contribution in [1.82, 2.24) is 0 Å². The van der Waals surface area contributed by atoms with Crippen molar-refractivity contribution >= 4 is 23.7 Å². The van der Waals surface area contributed by atoms with E-state index in [1.54, 1.807) is 0 Å². The summed E-state index contributed by atoms with van der Waals surface area (Å²) < 4.78 is 9.93. The van der Waals surface area contributed by atoms with Crippen LogP contribution in [0.5, 0.6) is 0 Å². The zero-order valence-corrected chi connectivity index (χ0v) is 20.1. The zero-order valence-electron chi connectivity index (χ0n) is 20.1. The van der Waals surface area contributed by atoms with Gasteiger partial charge in [0.2, 0.25) is 0 Å². The van der Waals surface area contributed by atoms with Crippen molar-refractivity contribution in [3.8, 4) is 0 Å². The molecule has 0 fully saturated rings. The van der Waals surface area contributed by atoms with Crippen LogP contribution in [0.1, 0.15) is 110 Å². The molecule has 0 saturated heterocycles. The van der Waals surface area contributed by atoms with E-state index in [1.807, 2.05) is 0 Å². The Morgan fingerprint density at radius 2 is 1.42 bits per heavy atom. The normalized spacial score (nSPS) is 13.5. The van der Waals surface area contributed by atoms with Crippen LogP contribution in [0.3, 0.4) is 0 Å². The molecule has 0 amide bonds. The van der Waals surface area contributed by atoms with Gasteiger partial charge in [-0.15, -0.1) is 0 Å². The first kappa shape index (κ1) is 28.6. The van der Waals surface area contributed by atoms with Crippen LogP contribution in [0, 0.1) is 0 Å². The second-order valence-corrected chi connectivity index (χ2v) is 8.50. The molecular weight excluding hydrogens is 424 g/mol. The molecule has 0 aromatic heterocycles. The molecule has 0 bridgehead atoms. The van der Waals surface area contributed by atoms with E-state index in [0.29, 0.717) is 6.42 Å². The maximum absolute atomic E-state index is 12.0. The molecule has 7 heteroatoms. The highest BCUT2D eigenvalue weighted by Gasteiger charge is 2.33. The Kier molecular flexibility index (Phi) is 15.6. The Hall–Kier alpha value is -2.44. The summed E-state index contributed by atoms with van der Waals surface area (Å²) in [4.78, 5) is 46.4. The molecule has 0 saturated carbocycles. The van der Waals surface area contributed by atoms with Crippen LogP contribution >= 0.6 is 0 Å². The SMILES string of the molecule is CCCCCCCC/C=C\CCCCCCCC(=O)OC1=C(C(=O)CCC(=O)O)C(=O)OC1. The largest absolute Gasteiger partial charge is 0.481 e. The molecule has 0 aromatic carbocycles. The van der Waals surface area contributed by atoms with Gasteiger partial charge in [-0.2, -0.15) is 0 Å². The van der Waals surface area contributed by atoms with Gasteiger partial charge in [0.05, 0.1) is 6.42 Å². The first-order valence-corrected chi connectivity index (χ1v) is 12.5. The number of carboxylic acid groups (broad SMARTS) is 1. The van der Waals surface area contributed by atoms with E-state index < -0.39 is 30.1 Å². The van der Waals surface area contributed by atoms with Crippen molar-refractivity contribution in [2.45, 2.75) is 110 Å². The molecule has 186 valence electrons. The highest BCUT2D eigenvalue weighted by atomic mass is 16.6. The molecule has 1 heterocycles. The number of cyclic esters (lactones) is 1. The van der Waals surface area contributed by atoms with Gasteiger partial charge in [-0.3, -0.25) is 14.4 Å². The lowest BCUT2D eigenvalue weighted by atomic mass is 10.1. The molecule has 1 N–H and O–H groups in total. The molecule has 33 heavy (non-hydrogen) atoms. The van der Waals surface area contributed by atoms with Crippen molar-refractivity contribution in [3.05, 3.63) is 23.5 Å². The Morgan fingerprint density at radius 3 is 2.03 bits per heavy atom. The third-order valence-corrected chi connectivity index (χ3v) is 5.54. The Morgan fingerprint density at radius 1 is 0.848 bits per heavy atom. The quantitative estimate of drug-likeness (QED) is 0.105. The summed E-state index contributed by atoms with van der Waals surface area (Å²) in [5.74, 6) is -3.30. The van der Waals surface area contributed by atoms with Gasteiger partial charge in [-0.1, -0.05) is 70.4 Å². The lowest BCUT2D eigenvalue weighted by Crippen LogP contribution is -2.14. The molecule has 0 radical (unpaired) electrons. The van der Waals surface area contributed by atoms with Gasteiger partial charge in [0.1, 0.15) is 5.57 Å². The van der Waals surface area contributed by atoms with Crippen LogP contribution in [-0.4, -0.2) is 35.4 Å². The van der Waals surface area contributed by atoms with Crippen molar-refractivity contribution in [2.24, 2.45) is 0 Å². The third-order valence-electron chi connectivity index (χ3n) is 5.54. The molecule has 0 spiro atoms. The number of rotatable bonds is 20. The highest BCUT2D eigenvalue weighted by Crippen LogP contribution is 2.21. The number of hydrogen-bond donors (Lipinski definition) is 1. The van der Waals surface area contributed by atoms with E-state index in [0.717, 1.165) is 32.1 Å². The summed E-state index contributed by atoms with van der Waals surface area (Å²) >= 11 is 0. The molecule has 0 unspecified atom stereocenters. The predicted molar refractivity (Wildman–Crippen MR) is 125 cm³/mol. The standard InChI is InChI=1S/C26H40O7/c1-2-3-4-5-6-7-8-9-10-11-12-13-14-15-16-17-24(30)33-22-20-32-26(31)25(22)21(27)18-19-23(28)29/h9-10H,2-8,11-20H2,1H3,(H,28,29)/b10-9-. The van der Waals surface area contributed by atoms with Crippen LogP contribution in [0.25, 0.3) is 0 Å². The van der Waals surface area contributed by atoms with Gasteiger partial charge < -0.3 is 14.6 Å². The summed E-state index contributed by atoms with van der Waals surface area (Å²) in [6.07, 6.45) is 19.2. The molecule has 0 aliphatic carbocycles. The van der Waals surface area contributed by atoms with Crippen LogP contribution in [0.2, 0.25) is 0 Å². The number of ketones is 1. The summed E-state index contributed by atoms with van der Waals surface area (Å²) in [6.45, 7) is 1.96. The maximum atomic E-state index is 12.0. The summed E-state index contributed by atoms with van der Waals surface area (Å²) in [7, 11) is 0. The number of aliphatic carboxylic acids is 1. The van der Waals surface area contributed by atoms with Crippen molar-refractivity contribution < 1.29 is 33.8 Å². The van der Waals surface area contributed by atoms with E-state index in [9.17, 15) is 19.2 Å². The summed E-state index contributed by atoms with van der Waals surface area (Å²) in [6, 6.07) is 0. The Balaban J connectivity index is 2.10. The van der Waals surface area contributed by atoms with Gasteiger partial charge in [0.25, 0.3) is 0 Å². The number of carbonyl (C=O) groups excluding carboxylic acids is 3. The smallest absolute Gasteiger partial charge is 0.345 e. The summed E-state index contributed by atoms with van der Waals surface area (Å²) in [5.41, 5.74) is -0.339. The molecule has 1 aliphatic heterocycles. The monoisotopic (exact) mass is 464 g/mol. The number of carbonyl (C=O) groups is 4. The first-order chi connectivity index (χ1) is 16.0. The number of carboxylic acids is 1. The number of allylic oxidation sites excluding steroid dienone is 2. The summed E-state index contributed by atoms with van der Waals surface area (Å²) in [5, 5.41) is 8.67. The number of hydrogen-bond acceptors (Lipinski definition) is 6. The predicted octanol–water partition coefficient (Wildman–Crippen LogP) is 5.81. The third kappa shape index (κ3) is 13.6. The lowest BCUT2D eigenvalue weighted by molar-refractivity contribution is -0.142. The van der Waals surface area contributed by atoms with Crippen molar-refractivity contribution in [3.63, 3.8) is 0 Å². The molecule has 0 atom stereocenters. The van der Waals surface area contributed by atoms with Gasteiger partial charge in [0.15, 0.2) is 18.1 Å². The van der Waals surface area contributed by atoms with Crippen molar-refractivity contribution in [1.29, 1.82) is 0 Å². The van der Waals surface area contributed by atoms with Gasteiger partial charge in [0, 0.05) is 12.8 Å². The number of esters is 2. The van der Waals surface area contributed by atoms with Gasteiger partial charge in [-0.25, -0.2) is 4.79 Å². The highest BCUT2D eigenvalue weighted by molar-refractivity contribution is 6.19. The van der Waals surface area contributed by atoms with Crippen molar-refractivity contribution in [2.75, 3.05) is 6.61 Å². The average Bonchev–Trinajstić information content (AvgIpc) is 3.14. The van der Waals surface area contributed by atoms with Gasteiger partial charge >= 0.3 is 17.9 Å². The first-order valence-electron chi connectivity index (χ1n) is 12.5. The molecule has 1 rings (SSSR count). The van der Waals surface area contributed by atoms with Crippen LogP contribution in [0.15, 0.2) is 23.5 Å². The second kappa shape index (κ2) is 18.0. The molecule has 7 nitrogen and oxygen atoms in total. The van der Waals surface area contributed by atoms with E-state index in [4.69, 9.17) is 14.6 Å². The fraction of sp³-hybridized carbons (Fsp3) is 0.692. The number of unbranched alkanes of at least 4 members (excludes halogenated alkanes) is 11. The van der Waals surface area contributed by atoms with E-state index >= 15 is 0 Å². The molecular formula is C26H40O7. The average molecular weight is 465 g/mol. The maximum Gasteiger partial charge on any atom is 0.345 e. The minimum absolute atomic E-state index is 0.104. The van der Waals surface area contributed by atoms with E-state index in [2.05, 4.69) is 19.1 Å². The fourth-order valence-corrected chi connectivity index (χ4v) is 3.61. The molecule has 0 aromatic rings. The minimum atomic E-state index is -1.14. The van der Waals surface area contributed by atoms with Crippen LogP contribution < -0.4 is 0 Å².